The molecule has 6 heteroatoms. The lowest BCUT2D eigenvalue weighted by Crippen LogP contribution is -2.32. The highest BCUT2D eigenvalue weighted by Gasteiger charge is 2.15. The molecule has 0 aliphatic heterocycles. The average molecular weight is 282 g/mol. The second kappa shape index (κ2) is 7.04. The number of aromatic nitrogens is 1. The zero-order valence-electron chi connectivity index (χ0n) is 11.3. The molecule has 0 saturated heterocycles. The minimum Gasteiger partial charge on any atom is -0.444 e. The van der Waals surface area contributed by atoms with E-state index in [9.17, 15) is 9.59 Å². The van der Waals surface area contributed by atoms with Gasteiger partial charge in [-0.05, 0) is 33.3 Å². The van der Waals surface area contributed by atoms with Crippen molar-refractivity contribution in [2.45, 2.75) is 32.8 Å². The van der Waals surface area contributed by atoms with Gasteiger partial charge in [0.1, 0.15) is 16.3 Å². The van der Waals surface area contributed by atoms with Gasteiger partial charge in [-0.15, -0.1) is 11.3 Å². The molecule has 0 radical (unpaired) electrons. The van der Waals surface area contributed by atoms with E-state index in [1.54, 1.807) is 5.38 Å². The van der Waals surface area contributed by atoms with Crippen LogP contribution >= 0.6 is 11.3 Å². The molecular formula is C13H18N2O3S. The van der Waals surface area contributed by atoms with Gasteiger partial charge in [0.2, 0.25) is 0 Å². The van der Waals surface area contributed by atoms with E-state index in [-0.39, 0.29) is 0 Å². The summed E-state index contributed by atoms with van der Waals surface area (Å²) in [6, 6.07) is 0. The predicted octanol–water partition coefficient (Wildman–Crippen LogP) is 2.88. The second-order valence-corrected chi connectivity index (χ2v) is 5.74. The summed E-state index contributed by atoms with van der Waals surface area (Å²) >= 11 is 1.41. The Labute approximate surface area is 116 Å². The Morgan fingerprint density at radius 3 is 2.84 bits per heavy atom. The summed E-state index contributed by atoms with van der Waals surface area (Å²) < 4.78 is 5.10. The second-order valence-electron chi connectivity index (χ2n) is 4.85. The number of hydrogen-bond acceptors (Lipinski definition) is 5. The summed E-state index contributed by atoms with van der Waals surface area (Å²) in [4.78, 5) is 25.8. The lowest BCUT2D eigenvalue weighted by atomic mass is 10.2. The van der Waals surface area contributed by atoms with Gasteiger partial charge in [-0.3, -0.25) is 4.79 Å². The van der Waals surface area contributed by atoms with Crippen molar-refractivity contribution < 1.29 is 14.3 Å². The van der Waals surface area contributed by atoms with Crippen LogP contribution in [0.25, 0.3) is 6.08 Å². The number of nitrogens with zero attached hydrogens (tertiary/aromatic N) is 1. The van der Waals surface area contributed by atoms with Gasteiger partial charge in [-0.2, -0.15) is 0 Å². The monoisotopic (exact) mass is 282 g/mol. The fourth-order valence-corrected chi connectivity index (χ4v) is 1.87. The van der Waals surface area contributed by atoms with E-state index in [1.807, 2.05) is 32.9 Å². The molecule has 1 heterocycles. The summed E-state index contributed by atoms with van der Waals surface area (Å²) in [5, 5.41) is 5.13. The number of thiazole rings is 1. The zero-order valence-corrected chi connectivity index (χ0v) is 12.1. The first-order valence-corrected chi connectivity index (χ1v) is 6.83. The maximum absolute atomic E-state index is 11.3. The number of ether oxygens (including phenoxy) is 1. The van der Waals surface area contributed by atoms with Crippen molar-refractivity contribution in [1.29, 1.82) is 0 Å². The average Bonchev–Trinajstić information content (AvgIpc) is 2.74. The fraction of sp³-hybridized carbons (Fsp3) is 0.462. The first-order valence-electron chi connectivity index (χ1n) is 5.95. The van der Waals surface area contributed by atoms with Crippen LogP contribution in [0.5, 0.6) is 0 Å². The summed E-state index contributed by atoms with van der Waals surface area (Å²) in [5.41, 5.74) is -0.0389. The van der Waals surface area contributed by atoms with Crippen LogP contribution in [-0.2, 0) is 4.74 Å². The molecule has 1 N–H and O–H groups in total. The van der Waals surface area contributed by atoms with Crippen LogP contribution in [0.15, 0.2) is 11.5 Å². The van der Waals surface area contributed by atoms with Crippen molar-refractivity contribution in [3.05, 3.63) is 22.2 Å². The van der Waals surface area contributed by atoms with E-state index in [4.69, 9.17) is 4.74 Å². The molecule has 5 nitrogen and oxygen atoms in total. The van der Waals surface area contributed by atoms with Crippen molar-refractivity contribution in [2.24, 2.45) is 0 Å². The van der Waals surface area contributed by atoms with Crippen molar-refractivity contribution in [3.63, 3.8) is 0 Å². The Morgan fingerprint density at radius 2 is 2.26 bits per heavy atom. The third kappa shape index (κ3) is 6.71. The molecule has 1 rings (SSSR count). The molecule has 0 bridgehead atoms. The Balaban J connectivity index is 2.23. The van der Waals surface area contributed by atoms with Crippen LogP contribution in [0.2, 0.25) is 0 Å². The molecule has 0 fully saturated rings. The molecule has 0 saturated carbocycles. The summed E-state index contributed by atoms with van der Waals surface area (Å²) in [7, 11) is 0. The van der Waals surface area contributed by atoms with Crippen LogP contribution in [0.3, 0.4) is 0 Å². The molecule has 1 aromatic heterocycles. The van der Waals surface area contributed by atoms with Gasteiger partial charge in [0, 0.05) is 11.9 Å². The van der Waals surface area contributed by atoms with Gasteiger partial charge >= 0.3 is 6.09 Å². The number of hydrogen-bond donors (Lipinski definition) is 1. The molecular weight excluding hydrogens is 264 g/mol. The SMILES string of the molecule is CC(C)(C)OC(=O)NCCC=Cc1nc(C=O)cs1. The van der Waals surface area contributed by atoms with Crippen LogP contribution in [0, 0.1) is 0 Å². The third-order valence-electron chi connectivity index (χ3n) is 1.90. The Morgan fingerprint density at radius 1 is 1.53 bits per heavy atom. The molecule has 19 heavy (non-hydrogen) atoms. The molecule has 1 amide bonds. The van der Waals surface area contributed by atoms with Gasteiger partial charge in [0.05, 0.1) is 0 Å². The Kier molecular flexibility index (Phi) is 5.69. The number of aldehydes is 1. The molecule has 104 valence electrons. The summed E-state index contributed by atoms with van der Waals surface area (Å²) in [6.45, 7) is 5.95. The summed E-state index contributed by atoms with van der Waals surface area (Å²) in [6.07, 6.45) is 4.70. The first kappa shape index (κ1) is 15.4. The van der Waals surface area contributed by atoms with E-state index in [0.29, 0.717) is 18.7 Å². The van der Waals surface area contributed by atoms with E-state index in [0.717, 1.165) is 11.3 Å². The Bertz CT molecular complexity index is 461. The largest absolute Gasteiger partial charge is 0.444 e. The number of carbonyl (C=O) groups excluding carboxylic acids is 2. The molecule has 0 aromatic carbocycles. The third-order valence-corrected chi connectivity index (χ3v) is 2.73. The van der Waals surface area contributed by atoms with Gasteiger partial charge in [-0.25, -0.2) is 9.78 Å². The van der Waals surface area contributed by atoms with E-state index in [2.05, 4.69) is 10.3 Å². The van der Waals surface area contributed by atoms with E-state index in [1.165, 1.54) is 11.3 Å². The van der Waals surface area contributed by atoms with Crippen LogP contribution in [0.4, 0.5) is 4.79 Å². The van der Waals surface area contributed by atoms with Crippen molar-refractivity contribution in [2.75, 3.05) is 6.54 Å². The van der Waals surface area contributed by atoms with Crippen LogP contribution in [0.1, 0.15) is 42.7 Å². The van der Waals surface area contributed by atoms with Gasteiger partial charge in [-0.1, -0.05) is 6.08 Å². The normalized spacial score (nSPS) is 11.5. The Hall–Kier alpha value is -1.69. The van der Waals surface area contributed by atoms with Crippen molar-refractivity contribution >= 4 is 29.8 Å². The number of carbonyl (C=O) groups is 2. The fourth-order valence-electron chi connectivity index (χ4n) is 1.19. The van der Waals surface area contributed by atoms with Crippen molar-refractivity contribution in [3.8, 4) is 0 Å². The smallest absolute Gasteiger partial charge is 0.407 e. The topological polar surface area (TPSA) is 68.3 Å². The first-order chi connectivity index (χ1) is 8.90. The lowest BCUT2D eigenvalue weighted by Gasteiger charge is -2.19. The molecule has 0 unspecified atom stereocenters. The number of amides is 1. The molecule has 1 aromatic rings. The minimum absolute atomic E-state index is 0.418. The predicted molar refractivity (Wildman–Crippen MR) is 75.4 cm³/mol. The van der Waals surface area contributed by atoms with Gasteiger partial charge < -0.3 is 10.1 Å². The quantitative estimate of drug-likeness (QED) is 0.666. The zero-order chi connectivity index (χ0) is 14.3. The number of alkyl carbamates (subject to hydrolysis) is 1. The molecule has 0 aliphatic rings. The minimum atomic E-state index is -0.480. The standard InChI is InChI=1S/C13H18N2O3S/c1-13(2,3)18-12(17)14-7-5-4-6-11-15-10(8-16)9-19-11/h4,6,8-9H,5,7H2,1-3H3,(H,14,17). The number of nitrogens with one attached hydrogen (secondary N) is 1. The highest BCUT2D eigenvalue weighted by atomic mass is 32.1. The van der Waals surface area contributed by atoms with Crippen molar-refractivity contribution in [1.82, 2.24) is 10.3 Å². The lowest BCUT2D eigenvalue weighted by molar-refractivity contribution is 0.0528. The highest BCUT2D eigenvalue weighted by Crippen LogP contribution is 2.10. The van der Waals surface area contributed by atoms with Crippen LogP contribution in [-0.4, -0.2) is 29.5 Å². The van der Waals surface area contributed by atoms with E-state index < -0.39 is 11.7 Å². The van der Waals surface area contributed by atoms with Gasteiger partial charge in [0.25, 0.3) is 0 Å². The molecule has 0 atom stereocenters. The summed E-state index contributed by atoms with van der Waals surface area (Å²) in [5.74, 6) is 0. The molecule has 0 spiro atoms. The van der Waals surface area contributed by atoms with E-state index >= 15 is 0 Å². The highest BCUT2D eigenvalue weighted by molar-refractivity contribution is 7.10. The number of rotatable bonds is 5. The van der Waals surface area contributed by atoms with Gasteiger partial charge in [0.15, 0.2) is 6.29 Å². The maximum atomic E-state index is 11.3. The van der Waals surface area contributed by atoms with Crippen LogP contribution < -0.4 is 5.32 Å². The molecule has 0 aliphatic carbocycles. The maximum Gasteiger partial charge on any atom is 0.407 e.